The van der Waals surface area contributed by atoms with Crippen LogP contribution in [-0.4, -0.2) is 17.1 Å². The molecule has 0 amide bonds. The molecular weight excluding hydrogens is 302 g/mol. The van der Waals surface area contributed by atoms with E-state index in [-0.39, 0.29) is 0 Å². The summed E-state index contributed by atoms with van der Waals surface area (Å²) in [6.07, 6.45) is 1.75. The van der Waals surface area contributed by atoms with Gasteiger partial charge in [0.25, 0.3) is 0 Å². The number of nitrogens with zero attached hydrogens (tertiary/aromatic N) is 2. The van der Waals surface area contributed by atoms with Gasteiger partial charge in [0, 0.05) is 29.2 Å². The first kappa shape index (κ1) is 12.6. The van der Waals surface area contributed by atoms with E-state index in [0.717, 1.165) is 25.7 Å². The van der Waals surface area contributed by atoms with E-state index in [1.54, 1.807) is 24.6 Å². The number of rotatable bonds is 4. The molecule has 0 aliphatic rings. The quantitative estimate of drug-likeness (QED) is 0.942. The largest absolute Gasteiger partial charge is 0.378 e. The molecule has 90 valence electrons. The molecular formula is C11H12BrN3OS. The Hall–Kier alpha value is -0.820. The first-order valence-corrected chi connectivity index (χ1v) is 6.65. The average Bonchev–Trinajstić information content (AvgIpc) is 2.73. The van der Waals surface area contributed by atoms with Crippen LogP contribution in [0, 0.1) is 0 Å². The van der Waals surface area contributed by atoms with Crippen molar-refractivity contribution in [2.24, 2.45) is 5.73 Å². The molecule has 0 fully saturated rings. The van der Waals surface area contributed by atoms with E-state index >= 15 is 0 Å². The van der Waals surface area contributed by atoms with E-state index in [2.05, 4.69) is 25.9 Å². The zero-order chi connectivity index (χ0) is 12.3. The highest BCUT2D eigenvalue weighted by Crippen LogP contribution is 2.31. The van der Waals surface area contributed by atoms with Crippen molar-refractivity contribution >= 4 is 27.3 Å². The van der Waals surface area contributed by atoms with Gasteiger partial charge in [-0.05, 0) is 28.1 Å². The zero-order valence-electron chi connectivity index (χ0n) is 9.31. The zero-order valence-corrected chi connectivity index (χ0v) is 11.7. The second-order valence-corrected chi connectivity index (χ2v) is 5.30. The topological polar surface area (TPSA) is 61.0 Å². The van der Waals surface area contributed by atoms with E-state index in [1.807, 2.05) is 12.1 Å². The molecule has 6 heteroatoms. The maximum atomic E-state index is 5.69. The van der Waals surface area contributed by atoms with Crippen LogP contribution < -0.4 is 5.73 Å². The van der Waals surface area contributed by atoms with Gasteiger partial charge in [0.15, 0.2) is 0 Å². The second kappa shape index (κ2) is 5.68. The predicted molar refractivity (Wildman–Crippen MR) is 71.6 cm³/mol. The lowest BCUT2D eigenvalue weighted by molar-refractivity contribution is 0.181. The molecule has 17 heavy (non-hydrogen) atoms. The highest BCUT2D eigenvalue weighted by Gasteiger charge is 2.14. The molecule has 0 saturated carbocycles. The summed E-state index contributed by atoms with van der Waals surface area (Å²) in [5.74, 6) is 0. The summed E-state index contributed by atoms with van der Waals surface area (Å²) in [5, 5.41) is 0.866. The number of ether oxygens (including phenoxy) is 1. The van der Waals surface area contributed by atoms with Gasteiger partial charge >= 0.3 is 0 Å². The van der Waals surface area contributed by atoms with Crippen molar-refractivity contribution in [3.8, 4) is 10.7 Å². The van der Waals surface area contributed by atoms with E-state index in [9.17, 15) is 0 Å². The third-order valence-electron chi connectivity index (χ3n) is 2.21. The maximum absolute atomic E-state index is 5.69. The Balaban J connectivity index is 2.43. The maximum Gasteiger partial charge on any atom is 0.143 e. The van der Waals surface area contributed by atoms with Crippen LogP contribution in [0.15, 0.2) is 22.8 Å². The SMILES string of the molecule is COCc1nc(-c2ncccc2Br)sc1CN. The molecule has 4 nitrogen and oxygen atoms in total. The lowest BCUT2D eigenvalue weighted by atomic mass is 10.3. The highest BCUT2D eigenvalue weighted by atomic mass is 79.9. The van der Waals surface area contributed by atoms with Crippen LogP contribution in [-0.2, 0) is 17.9 Å². The monoisotopic (exact) mass is 313 g/mol. The van der Waals surface area contributed by atoms with Crippen LogP contribution in [0.25, 0.3) is 10.7 Å². The first-order chi connectivity index (χ1) is 8.26. The number of nitrogens with two attached hydrogens (primary N) is 1. The summed E-state index contributed by atoms with van der Waals surface area (Å²) < 4.78 is 6.04. The van der Waals surface area contributed by atoms with Gasteiger partial charge < -0.3 is 10.5 Å². The van der Waals surface area contributed by atoms with E-state index < -0.39 is 0 Å². The van der Waals surface area contributed by atoms with Crippen molar-refractivity contribution in [3.63, 3.8) is 0 Å². The van der Waals surface area contributed by atoms with Gasteiger partial charge in [0.1, 0.15) is 10.7 Å². The summed E-state index contributed by atoms with van der Waals surface area (Å²) >= 11 is 5.03. The molecule has 2 rings (SSSR count). The fraction of sp³-hybridized carbons (Fsp3) is 0.273. The van der Waals surface area contributed by atoms with E-state index in [1.165, 1.54) is 0 Å². The molecule has 0 aliphatic heterocycles. The van der Waals surface area contributed by atoms with Crippen molar-refractivity contribution < 1.29 is 4.74 Å². The van der Waals surface area contributed by atoms with Crippen LogP contribution in [0.2, 0.25) is 0 Å². The lowest BCUT2D eigenvalue weighted by Gasteiger charge is -1.97. The second-order valence-electron chi connectivity index (χ2n) is 3.36. The molecule has 0 atom stereocenters. The van der Waals surface area contributed by atoms with E-state index in [4.69, 9.17) is 10.5 Å². The normalized spacial score (nSPS) is 10.8. The van der Waals surface area contributed by atoms with E-state index in [0.29, 0.717) is 13.2 Å². The Morgan fingerprint density at radius 2 is 2.35 bits per heavy atom. The minimum Gasteiger partial charge on any atom is -0.378 e. The third kappa shape index (κ3) is 2.71. The molecule has 2 N–H and O–H groups in total. The molecule has 0 radical (unpaired) electrons. The summed E-state index contributed by atoms with van der Waals surface area (Å²) in [5.41, 5.74) is 7.43. The molecule has 2 heterocycles. The van der Waals surface area contributed by atoms with Crippen molar-refractivity contribution in [1.29, 1.82) is 0 Å². The standard InChI is InChI=1S/C11H12BrN3OS/c1-16-6-8-9(5-13)17-11(15-8)10-7(12)3-2-4-14-10/h2-4H,5-6,13H2,1H3. The number of pyridine rings is 1. The minimum absolute atomic E-state index is 0.473. The van der Waals surface area contributed by atoms with Gasteiger partial charge in [-0.2, -0.15) is 0 Å². The molecule has 0 unspecified atom stereocenters. The summed E-state index contributed by atoms with van der Waals surface area (Å²) in [6.45, 7) is 0.953. The van der Waals surface area contributed by atoms with Crippen LogP contribution in [0.3, 0.4) is 0 Å². The fourth-order valence-corrected chi connectivity index (χ4v) is 2.96. The van der Waals surface area contributed by atoms with Gasteiger partial charge in [-0.1, -0.05) is 0 Å². The molecule has 2 aromatic heterocycles. The van der Waals surface area contributed by atoms with Crippen LogP contribution in [0.4, 0.5) is 0 Å². The number of halogens is 1. The summed E-state index contributed by atoms with van der Waals surface area (Å²) in [7, 11) is 1.65. The molecule has 0 saturated heterocycles. The van der Waals surface area contributed by atoms with Gasteiger partial charge in [0.05, 0.1) is 12.3 Å². The number of thiazole rings is 1. The third-order valence-corrected chi connectivity index (χ3v) is 3.97. The first-order valence-electron chi connectivity index (χ1n) is 5.04. The Labute approximate surface area is 112 Å². The van der Waals surface area contributed by atoms with Gasteiger partial charge in [-0.3, -0.25) is 4.98 Å². The fourth-order valence-electron chi connectivity index (χ4n) is 1.44. The number of aromatic nitrogens is 2. The molecule has 0 aliphatic carbocycles. The summed E-state index contributed by atoms with van der Waals surface area (Å²) in [4.78, 5) is 9.88. The van der Waals surface area contributed by atoms with Gasteiger partial charge in [0.2, 0.25) is 0 Å². The van der Waals surface area contributed by atoms with Crippen molar-refractivity contribution in [2.75, 3.05) is 7.11 Å². The predicted octanol–water partition coefficient (Wildman–Crippen LogP) is 2.57. The smallest absolute Gasteiger partial charge is 0.143 e. The van der Waals surface area contributed by atoms with Crippen LogP contribution >= 0.6 is 27.3 Å². The van der Waals surface area contributed by atoms with Crippen molar-refractivity contribution in [2.45, 2.75) is 13.2 Å². The molecule has 2 aromatic rings. The Kier molecular flexibility index (Phi) is 4.22. The highest BCUT2D eigenvalue weighted by molar-refractivity contribution is 9.10. The average molecular weight is 314 g/mol. The van der Waals surface area contributed by atoms with Gasteiger partial charge in [-0.25, -0.2) is 4.98 Å². The lowest BCUT2D eigenvalue weighted by Crippen LogP contribution is -1.99. The Bertz CT molecular complexity index is 515. The van der Waals surface area contributed by atoms with Crippen LogP contribution in [0.5, 0.6) is 0 Å². The number of hydrogen-bond donors (Lipinski definition) is 1. The molecule has 0 aromatic carbocycles. The number of hydrogen-bond acceptors (Lipinski definition) is 5. The van der Waals surface area contributed by atoms with Crippen LogP contribution in [0.1, 0.15) is 10.6 Å². The van der Waals surface area contributed by atoms with Crippen molar-refractivity contribution in [1.82, 2.24) is 9.97 Å². The van der Waals surface area contributed by atoms with Gasteiger partial charge in [-0.15, -0.1) is 11.3 Å². The minimum atomic E-state index is 0.473. The Morgan fingerprint density at radius 3 is 3.00 bits per heavy atom. The molecule has 0 bridgehead atoms. The molecule has 0 spiro atoms. The van der Waals surface area contributed by atoms with Crippen molar-refractivity contribution in [3.05, 3.63) is 33.4 Å². The summed E-state index contributed by atoms with van der Waals surface area (Å²) in [6, 6.07) is 3.82. The number of methoxy groups -OCH3 is 1. The Morgan fingerprint density at radius 1 is 1.53 bits per heavy atom.